The second-order valence-electron chi connectivity index (χ2n) is 5.31. The number of hydrogen-bond donors (Lipinski definition) is 0. The SMILES string of the molecule is N#Cc1ccc(Oc2cccc(CN3CCCC3)c2F)nc1. The van der Waals surface area contributed by atoms with E-state index in [4.69, 9.17) is 10.00 Å². The zero-order chi connectivity index (χ0) is 15.4. The molecule has 0 unspecified atom stereocenters. The van der Waals surface area contributed by atoms with E-state index < -0.39 is 0 Å². The van der Waals surface area contributed by atoms with Crippen molar-refractivity contribution in [3.05, 3.63) is 53.5 Å². The fraction of sp³-hybridized carbons (Fsp3) is 0.294. The molecule has 3 rings (SSSR count). The molecule has 0 aliphatic carbocycles. The number of halogens is 1. The van der Waals surface area contributed by atoms with Crippen LogP contribution in [-0.2, 0) is 6.54 Å². The maximum atomic E-state index is 14.5. The number of nitrogens with zero attached hydrogens (tertiary/aromatic N) is 3. The monoisotopic (exact) mass is 297 g/mol. The third-order valence-electron chi connectivity index (χ3n) is 3.72. The minimum Gasteiger partial charge on any atom is -0.436 e. The molecule has 0 spiro atoms. The molecule has 0 saturated carbocycles. The van der Waals surface area contributed by atoms with Gasteiger partial charge in [0.2, 0.25) is 5.88 Å². The molecule has 22 heavy (non-hydrogen) atoms. The Balaban J connectivity index is 1.76. The third-order valence-corrected chi connectivity index (χ3v) is 3.72. The Labute approximate surface area is 128 Å². The van der Waals surface area contributed by atoms with Crippen molar-refractivity contribution < 1.29 is 9.13 Å². The number of aromatic nitrogens is 1. The predicted molar refractivity (Wildman–Crippen MR) is 79.9 cm³/mol. The van der Waals surface area contributed by atoms with Crippen molar-refractivity contribution in [2.75, 3.05) is 13.1 Å². The normalized spacial score (nSPS) is 14.7. The van der Waals surface area contributed by atoms with Crippen LogP contribution in [0.3, 0.4) is 0 Å². The summed E-state index contributed by atoms with van der Waals surface area (Å²) in [6, 6.07) is 10.3. The van der Waals surface area contributed by atoms with Gasteiger partial charge in [0.15, 0.2) is 11.6 Å². The molecule has 0 bridgehead atoms. The summed E-state index contributed by atoms with van der Waals surface area (Å²) in [5, 5.41) is 8.74. The molecule has 0 radical (unpaired) electrons. The molecule has 1 aromatic heterocycles. The Morgan fingerprint density at radius 1 is 1.23 bits per heavy atom. The molecule has 0 atom stereocenters. The first kappa shape index (κ1) is 14.5. The molecule has 0 N–H and O–H groups in total. The lowest BCUT2D eigenvalue weighted by atomic mass is 10.2. The summed E-state index contributed by atoms with van der Waals surface area (Å²) in [6.45, 7) is 2.63. The average Bonchev–Trinajstić information content (AvgIpc) is 3.05. The molecule has 4 nitrogen and oxygen atoms in total. The summed E-state index contributed by atoms with van der Waals surface area (Å²) in [5.41, 5.74) is 1.07. The molecule has 0 amide bonds. The van der Waals surface area contributed by atoms with Gasteiger partial charge in [-0.1, -0.05) is 12.1 Å². The first-order valence-corrected chi connectivity index (χ1v) is 7.30. The van der Waals surface area contributed by atoms with E-state index in [1.807, 2.05) is 6.07 Å². The maximum Gasteiger partial charge on any atom is 0.219 e. The van der Waals surface area contributed by atoms with Crippen LogP contribution in [0.2, 0.25) is 0 Å². The Hall–Kier alpha value is -2.45. The van der Waals surface area contributed by atoms with Crippen LogP contribution in [0.1, 0.15) is 24.0 Å². The standard InChI is InChI=1S/C17H16FN3O/c18-17-14(12-21-8-1-2-9-21)4-3-5-15(17)22-16-7-6-13(10-19)11-20-16/h3-7,11H,1-2,8-9,12H2. The summed E-state index contributed by atoms with van der Waals surface area (Å²) in [5.74, 6) is 0.0886. The quantitative estimate of drug-likeness (QED) is 0.867. The van der Waals surface area contributed by atoms with Gasteiger partial charge in [0.05, 0.1) is 5.56 Å². The van der Waals surface area contributed by atoms with Gasteiger partial charge < -0.3 is 4.74 Å². The molecule has 1 saturated heterocycles. The van der Waals surface area contributed by atoms with Crippen LogP contribution in [0.5, 0.6) is 11.6 Å². The zero-order valence-corrected chi connectivity index (χ0v) is 12.1. The molecular weight excluding hydrogens is 281 g/mol. The van der Waals surface area contributed by atoms with E-state index in [9.17, 15) is 4.39 Å². The van der Waals surface area contributed by atoms with Gasteiger partial charge in [-0.2, -0.15) is 5.26 Å². The highest BCUT2D eigenvalue weighted by Gasteiger charge is 2.16. The van der Waals surface area contributed by atoms with Gasteiger partial charge in [0.1, 0.15) is 6.07 Å². The highest BCUT2D eigenvalue weighted by atomic mass is 19.1. The molecule has 2 heterocycles. The smallest absolute Gasteiger partial charge is 0.219 e. The molecule has 1 aliphatic heterocycles. The van der Waals surface area contributed by atoms with E-state index in [1.54, 1.807) is 30.3 Å². The van der Waals surface area contributed by atoms with Crippen molar-refractivity contribution in [2.24, 2.45) is 0 Å². The highest BCUT2D eigenvalue weighted by molar-refractivity contribution is 5.35. The number of rotatable bonds is 4. The number of ether oxygens (including phenoxy) is 1. The van der Waals surface area contributed by atoms with Crippen molar-refractivity contribution in [2.45, 2.75) is 19.4 Å². The first-order valence-electron chi connectivity index (χ1n) is 7.30. The highest BCUT2D eigenvalue weighted by Crippen LogP contribution is 2.26. The number of pyridine rings is 1. The van der Waals surface area contributed by atoms with E-state index in [0.717, 1.165) is 13.1 Å². The van der Waals surface area contributed by atoms with Gasteiger partial charge in [-0.05, 0) is 38.1 Å². The molecule has 1 aromatic carbocycles. The molecule has 5 heteroatoms. The first-order chi connectivity index (χ1) is 10.8. The summed E-state index contributed by atoms with van der Waals surface area (Å²) in [4.78, 5) is 6.24. The van der Waals surface area contributed by atoms with Gasteiger partial charge in [-0.25, -0.2) is 9.37 Å². The van der Waals surface area contributed by atoms with Gasteiger partial charge in [-0.3, -0.25) is 4.90 Å². The molecule has 1 aliphatic rings. The van der Waals surface area contributed by atoms with Gasteiger partial charge in [0.25, 0.3) is 0 Å². The fourth-order valence-corrected chi connectivity index (χ4v) is 2.56. The average molecular weight is 297 g/mol. The van der Waals surface area contributed by atoms with Crippen LogP contribution in [-0.4, -0.2) is 23.0 Å². The van der Waals surface area contributed by atoms with Crippen LogP contribution in [0, 0.1) is 17.1 Å². The van der Waals surface area contributed by atoms with E-state index >= 15 is 0 Å². The number of benzene rings is 1. The lowest BCUT2D eigenvalue weighted by Gasteiger charge is -2.16. The second-order valence-corrected chi connectivity index (χ2v) is 5.31. The third kappa shape index (κ3) is 3.23. The fourth-order valence-electron chi connectivity index (χ4n) is 2.56. The molecule has 2 aromatic rings. The number of hydrogen-bond acceptors (Lipinski definition) is 4. The Bertz CT molecular complexity index is 688. The Morgan fingerprint density at radius 2 is 2.05 bits per heavy atom. The van der Waals surface area contributed by atoms with Crippen molar-refractivity contribution in [1.29, 1.82) is 5.26 Å². The molecule has 1 fully saturated rings. The van der Waals surface area contributed by atoms with E-state index in [1.165, 1.54) is 19.0 Å². The summed E-state index contributed by atoms with van der Waals surface area (Å²) in [7, 11) is 0. The Morgan fingerprint density at radius 3 is 2.73 bits per heavy atom. The van der Waals surface area contributed by atoms with E-state index in [-0.39, 0.29) is 17.4 Å². The van der Waals surface area contributed by atoms with Gasteiger partial charge in [0, 0.05) is 24.4 Å². The van der Waals surface area contributed by atoms with E-state index in [2.05, 4.69) is 9.88 Å². The van der Waals surface area contributed by atoms with E-state index in [0.29, 0.717) is 17.7 Å². The zero-order valence-electron chi connectivity index (χ0n) is 12.1. The summed E-state index contributed by atoms with van der Waals surface area (Å²) >= 11 is 0. The van der Waals surface area contributed by atoms with Crippen molar-refractivity contribution >= 4 is 0 Å². The van der Waals surface area contributed by atoms with Crippen LogP contribution in [0.25, 0.3) is 0 Å². The van der Waals surface area contributed by atoms with Gasteiger partial charge >= 0.3 is 0 Å². The Kier molecular flexibility index (Phi) is 4.31. The number of nitriles is 1. The summed E-state index contributed by atoms with van der Waals surface area (Å²) in [6.07, 6.45) is 3.75. The lowest BCUT2D eigenvalue weighted by molar-refractivity contribution is 0.322. The number of likely N-dealkylation sites (tertiary alicyclic amines) is 1. The summed E-state index contributed by atoms with van der Waals surface area (Å²) < 4.78 is 20.0. The van der Waals surface area contributed by atoms with Crippen LogP contribution < -0.4 is 4.74 Å². The molecule has 112 valence electrons. The minimum atomic E-state index is -0.347. The minimum absolute atomic E-state index is 0.161. The topological polar surface area (TPSA) is 49.1 Å². The van der Waals surface area contributed by atoms with Gasteiger partial charge in [-0.15, -0.1) is 0 Å². The van der Waals surface area contributed by atoms with Crippen LogP contribution in [0.15, 0.2) is 36.5 Å². The largest absolute Gasteiger partial charge is 0.436 e. The second kappa shape index (κ2) is 6.54. The van der Waals surface area contributed by atoms with Crippen molar-refractivity contribution in [3.8, 4) is 17.7 Å². The maximum absolute atomic E-state index is 14.5. The lowest BCUT2D eigenvalue weighted by Crippen LogP contribution is -2.19. The van der Waals surface area contributed by atoms with Crippen LogP contribution in [0.4, 0.5) is 4.39 Å². The van der Waals surface area contributed by atoms with Crippen molar-refractivity contribution in [3.63, 3.8) is 0 Å². The predicted octanol–water partition coefficient (Wildman–Crippen LogP) is 3.48. The molecular formula is C17H16FN3O. The van der Waals surface area contributed by atoms with Crippen molar-refractivity contribution in [1.82, 2.24) is 9.88 Å². The van der Waals surface area contributed by atoms with Crippen LogP contribution >= 0.6 is 0 Å².